The minimum atomic E-state index is -1.64. The maximum absolute atomic E-state index is 12.0. The van der Waals surface area contributed by atoms with Gasteiger partial charge in [-0.15, -0.1) is 0 Å². The van der Waals surface area contributed by atoms with E-state index in [0.717, 1.165) is 0 Å². The number of aliphatic hydroxyl groups is 1. The van der Waals surface area contributed by atoms with Gasteiger partial charge in [0, 0.05) is 12.6 Å². The number of amides is 1. The van der Waals surface area contributed by atoms with Crippen molar-refractivity contribution < 1.29 is 24.7 Å². The maximum Gasteiger partial charge on any atom is 0.306 e. The number of aryl methyl sites for hydroxylation is 1. The van der Waals surface area contributed by atoms with E-state index in [1.165, 1.54) is 19.1 Å². The lowest BCUT2D eigenvalue weighted by Crippen LogP contribution is -2.42. The first-order valence-corrected chi connectivity index (χ1v) is 6.10. The molecule has 0 spiro atoms. The number of nitro groups is 1. The molecule has 0 saturated carbocycles. The second-order valence-electron chi connectivity index (χ2n) is 4.98. The molecule has 21 heavy (non-hydrogen) atoms. The molecule has 0 fully saturated rings. The number of nitro benzene ring substituents is 1. The number of rotatable bonds is 6. The van der Waals surface area contributed by atoms with Crippen LogP contribution in [0.1, 0.15) is 29.3 Å². The summed E-state index contributed by atoms with van der Waals surface area (Å²) >= 11 is 0. The molecule has 8 heteroatoms. The predicted octanol–water partition coefficient (Wildman–Crippen LogP) is 0.859. The zero-order valence-corrected chi connectivity index (χ0v) is 11.6. The maximum atomic E-state index is 12.0. The molecule has 1 aromatic rings. The molecule has 3 N–H and O–H groups in total. The Morgan fingerprint density at radius 2 is 2.05 bits per heavy atom. The van der Waals surface area contributed by atoms with E-state index in [0.29, 0.717) is 5.56 Å². The Labute approximate surface area is 120 Å². The summed E-state index contributed by atoms with van der Waals surface area (Å²) in [7, 11) is 0. The van der Waals surface area contributed by atoms with Gasteiger partial charge >= 0.3 is 5.97 Å². The van der Waals surface area contributed by atoms with Crippen LogP contribution in [0.25, 0.3) is 0 Å². The summed E-state index contributed by atoms with van der Waals surface area (Å²) in [4.78, 5) is 32.9. The van der Waals surface area contributed by atoms with Gasteiger partial charge in [0.15, 0.2) is 0 Å². The van der Waals surface area contributed by atoms with E-state index in [1.54, 1.807) is 13.0 Å². The fourth-order valence-corrected chi connectivity index (χ4v) is 1.85. The van der Waals surface area contributed by atoms with Gasteiger partial charge in [0.05, 0.1) is 16.9 Å². The molecule has 1 rings (SSSR count). The van der Waals surface area contributed by atoms with Crippen LogP contribution in [0.15, 0.2) is 18.2 Å². The highest BCUT2D eigenvalue weighted by Gasteiger charge is 2.27. The average molecular weight is 296 g/mol. The van der Waals surface area contributed by atoms with Gasteiger partial charge in [-0.25, -0.2) is 0 Å². The monoisotopic (exact) mass is 296 g/mol. The minimum absolute atomic E-state index is 0.103. The Balaban J connectivity index is 2.91. The fourth-order valence-electron chi connectivity index (χ4n) is 1.85. The molecular formula is C13H16N2O6. The molecule has 0 radical (unpaired) electrons. The summed E-state index contributed by atoms with van der Waals surface area (Å²) < 4.78 is 0. The van der Waals surface area contributed by atoms with Gasteiger partial charge < -0.3 is 15.5 Å². The van der Waals surface area contributed by atoms with Crippen molar-refractivity contribution in [2.24, 2.45) is 0 Å². The molecule has 0 aliphatic rings. The molecule has 0 saturated heterocycles. The highest BCUT2D eigenvalue weighted by atomic mass is 16.6. The SMILES string of the molecule is Cc1cccc([N+](=O)[O-])c1C(=O)NCC(C)(O)CC(=O)O. The van der Waals surface area contributed by atoms with Crippen molar-refractivity contribution in [1.29, 1.82) is 0 Å². The molecule has 0 aliphatic carbocycles. The summed E-state index contributed by atoms with van der Waals surface area (Å²) in [6, 6.07) is 4.22. The van der Waals surface area contributed by atoms with Crippen molar-refractivity contribution >= 4 is 17.6 Å². The standard InChI is InChI=1S/C13H16N2O6/c1-8-4-3-5-9(15(20)21)11(8)12(18)14-7-13(2,19)6-10(16)17/h3-5,19H,6-7H2,1-2H3,(H,14,18)(H,16,17). The quantitative estimate of drug-likeness (QED) is 0.527. The molecule has 1 aromatic carbocycles. The molecule has 8 nitrogen and oxygen atoms in total. The number of hydrogen-bond donors (Lipinski definition) is 3. The summed E-state index contributed by atoms with van der Waals surface area (Å²) in [5, 5.41) is 31.7. The van der Waals surface area contributed by atoms with Crippen LogP contribution in [-0.2, 0) is 4.79 Å². The molecule has 0 aliphatic heterocycles. The summed E-state index contributed by atoms with van der Waals surface area (Å²) in [6.07, 6.45) is -0.552. The lowest BCUT2D eigenvalue weighted by Gasteiger charge is -2.21. The fraction of sp³-hybridized carbons (Fsp3) is 0.385. The molecule has 1 atom stereocenters. The molecule has 0 bridgehead atoms. The first kappa shape index (κ1) is 16.6. The number of nitrogens with zero attached hydrogens (tertiary/aromatic N) is 1. The molecule has 0 heterocycles. The highest BCUT2D eigenvalue weighted by molar-refractivity contribution is 5.99. The smallest absolute Gasteiger partial charge is 0.306 e. The normalized spacial score (nSPS) is 13.3. The molecule has 1 unspecified atom stereocenters. The molecule has 0 aromatic heterocycles. The highest BCUT2D eigenvalue weighted by Crippen LogP contribution is 2.21. The Morgan fingerprint density at radius 1 is 1.43 bits per heavy atom. The minimum Gasteiger partial charge on any atom is -0.481 e. The third kappa shape index (κ3) is 4.53. The Bertz CT molecular complexity index is 582. The third-order valence-electron chi connectivity index (χ3n) is 2.84. The average Bonchev–Trinajstić information content (AvgIpc) is 2.34. The van der Waals surface area contributed by atoms with E-state index in [-0.39, 0.29) is 17.8 Å². The number of nitrogens with one attached hydrogen (secondary N) is 1. The second-order valence-corrected chi connectivity index (χ2v) is 4.98. The molecular weight excluding hydrogens is 280 g/mol. The summed E-state index contributed by atoms with van der Waals surface area (Å²) in [5.74, 6) is -1.94. The van der Waals surface area contributed by atoms with Crippen LogP contribution in [0, 0.1) is 17.0 Å². The van der Waals surface area contributed by atoms with Crippen molar-refractivity contribution in [3.63, 3.8) is 0 Å². The van der Waals surface area contributed by atoms with Crippen molar-refractivity contribution in [2.75, 3.05) is 6.54 Å². The van der Waals surface area contributed by atoms with Crippen molar-refractivity contribution in [1.82, 2.24) is 5.32 Å². The van der Waals surface area contributed by atoms with E-state index in [4.69, 9.17) is 5.11 Å². The Kier molecular flexibility index (Phi) is 4.98. The number of carboxylic acid groups (broad SMARTS) is 1. The van der Waals surface area contributed by atoms with Crippen LogP contribution in [0.5, 0.6) is 0 Å². The van der Waals surface area contributed by atoms with Gasteiger partial charge in [-0.1, -0.05) is 12.1 Å². The molecule has 114 valence electrons. The van der Waals surface area contributed by atoms with Gasteiger partial charge in [-0.05, 0) is 19.4 Å². The zero-order valence-electron chi connectivity index (χ0n) is 11.6. The molecule has 1 amide bonds. The van der Waals surface area contributed by atoms with Crippen LogP contribution in [-0.4, -0.2) is 39.2 Å². The Hall–Kier alpha value is -2.48. The van der Waals surface area contributed by atoms with Crippen LogP contribution >= 0.6 is 0 Å². The Morgan fingerprint density at radius 3 is 2.57 bits per heavy atom. The first-order valence-electron chi connectivity index (χ1n) is 6.10. The third-order valence-corrected chi connectivity index (χ3v) is 2.84. The van der Waals surface area contributed by atoms with Gasteiger partial charge in [0.2, 0.25) is 0 Å². The van der Waals surface area contributed by atoms with Crippen molar-refractivity contribution in [3.05, 3.63) is 39.4 Å². The lowest BCUT2D eigenvalue weighted by molar-refractivity contribution is -0.385. The van der Waals surface area contributed by atoms with E-state index in [2.05, 4.69) is 5.32 Å². The second kappa shape index (κ2) is 6.31. The van der Waals surface area contributed by atoms with Gasteiger partial charge in [0.25, 0.3) is 11.6 Å². The predicted molar refractivity (Wildman–Crippen MR) is 73.0 cm³/mol. The van der Waals surface area contributed by atoms with E-state index in [1.807, 2.05) is 0 Å². The van der Waals surface area contributed by atoms with Crippen molar-refractivity contribution in [2.45, 2.75) is 25.9 Å². The van der Waals surface area contributed by atoms with E-state index >= 15 is 0 Å². The van der Waals surface area contributed by atoms with Crippen LogP contribution in [0.3, 0.4) is 0 Å². The number of benzene rings is 1. The van der Waals surface area contributed by atoms with Crippen LogP contribution in [0.4, 0.5) is 5.69 Å². The largest absolute Gasteiger partial charge is 0.481 e. The van der Waals surface area contributed by atoms with Gasteiger partial charge in [0.1, 0.15) is 5.56 Å². The number of carbonyl (C=O) groups excluding carboxylic acids is 1. The van der Waals surface area contributed by atoms with Crippen LogP contribution < -0.4 is 5.32 Å². The zero-order chi connectivity index (χ0) is 16.2. The summed E-state index contributed by atoms with van der Waals surface area (Å²) in [5.41, 5.74) is -1.67. The van der Waals surface area contributed by atoms with Gasteiger partial charge in [-0.3, -0.25) is 19.7 Å². The lowest BCUT2D eigenvalue weighted by atomic mass is 10.0. The van der Waals surface area contributed by atoms with Crippen molar-refractivity contribution in [3.8, 4) is 0 Å². The summed E-state index contributed by atoms with van der Waals surface area (Å²) in [6.45, 7) is 2.48. The number of carbonyl (C=O) groups is 2. The number of carboxylic acids is 1. The van der Waals surface area contributed by atoms with Crippen LogP contribution in [0.2, 0.25) is 0 Å². The van der Waals surface area contributed by atoms with Gasteiger partial charge in [-0.2, -0.15) is 0 Å². The van der Waals surface area contributed by atoms with E-state index in [9.17, 15) is 24.8 Å². The topological polar surface area (TPSA) is 130 Å². The number of aliphatic carboxylic acids is 1. The van der Waals surface area contributed by atoms with E-state index < -0.39 is 28.8 Å². The number of hydrogen-bond acceptors (Lipinski definition) is 5. The first-order chi connectivity index (χ1) is 9.64.